The van der Waals surface area contributed by atoms with Crippen molar-refractivity contribution in [2.45, 2.75) is 6.18 Å². The predicted molar refractivity (Wildman–Crippen MR) is 76.7 cm³/mol. The monoisotopic (exact) mass is 356 g/mol. The second-order valence-electron chi connectivity index (χ2n) is 4.64. The van der Waals surface area contributed by atoms with Crippen LogP contribution < -0.4 is 4.74 Å². The van der Waals surface area contributed by atoms with Crippen LogP contribution in [0, 0.1) is 20.2 Å². The highest BCUT2D eigenvalue weighted by atomic mass is 19.4. The van der Waals surface area contributed by atoms with E-state index in [1.54, 1.807) is 0 Å². The lowest BCUT2D eigenvalue weighted by Crippen LogP contribution is -2.06. The van der Waals surface area contributed by atoms with Crippen molar-refractivity contribution in [2.75, 3.05) is 0 Å². The average Bonchev–Trinajstić information content (AvgIpc) is 2.54. The van der Waals surface area contributed by atoms with Gasteiger partial charge in [0, 0.05) is 18.2 Å². The molecule has 0 atom stereocenters. The first kappa shape index (κ1) is 17.8. The van der Waals surface area contributed by atoms with Crippen molar-refractivity contribution < 1.29 is 32.5 Å². The third-order valence-corrected chi connectivity index (χ3v) is 3.03. The first-order chi connectivity index (χ1) is 11.6. The van der Waals surface area contributed by atoms with E-state index in [1.807, 2.05) is 0 Å². The maximum atomic E-state index is 12.7. The molecule has 0 amide bonds. The highest BCUT2D eigenvalue weighted by Gasteiger charge is 2.33. The van der Waals surface area contributed by atoms with Crippen molar-refractivity contribution in [2.24, 2.45) is 0 Å². The van der Waals surface area contributed by atoms with E-state index in [1.165, 1.54) is 0 Å². The first-order valence-corrected chi connectivity index (χ1v) is 6.40. The summed E-state index contributed by atoms with van der Waals surface area (Å²) in [5, 5.41) is 21.7. The molecule has 2 rings (SSSR count). The Hall–Kier alpha value is -3.50. The molecule has 0 heterocycles. The number of carbonyl (C=O) groups is 1. The van der Waals surface area contributed by atoms with E-state index in [4.69, 9.17) is 4.74 Å². The molecule has 11 heteroatoms. The van der Waals surface area contributed by atoms with E-state index in [0.717, 1.165) is 24.3 Å². The number of aldehydes is 1. The van der Waals surface area contributed by atoms with E-state index in [2.05, 4.69) is 0 Å². The molecular weight excluding hydrogens is 349 g/mol. The number of alkyl halides is 3. The van der Waals surface area contributed by atoms with Crippen molar-refractivity contribution in [1.82, 2.24) is 0 Å². The van der Waals surface area contributed by atoms with Gasteiger partial charge in [0.05, 0.1) is 21.0 Å². The Labute approximate surface area is 136 Å². The summed E-state index contributed by atoms with van der Waals surface area (Å²) in [4.78, 5) is 30.8. The Balaban J connectivity index is 2.48. The lowest BCUT2D eigenvalue weighted by molar-refractivity contribution is -0.385. The number of hydrogen-bond acceptors (Lipinski definition) is 6. The lowest BCUT2D eigenvalue weighted by atomic mass is 10.1. The number of halogens is 3. The van der Waals surface area contributed by atoms with Crippen LogP contribution in [0.25, 0.3) is 0 Å². The molecule has 8 nitrogen and oxygen atoms in total. The van der Waals surface area contributed by atoms with Gasteiger partial charge in [-0.15, -0.1) is 0 Å². The fraction of sp³-hybridized carbons (Fsp3) is 0.0714. The standard InChI is InChI=1S/C14H7F3N2O6/c15-14(16,17)9-1-3-13(11(6-9)19(23)24)25-12-4-2-10(18(21)22)5-8(12)7-20/h1-7H. The Morgan fingerprint density at radius 1 is 0.960 bits per heavy atom. The minimum absolute atomic E-state index is 0.220. The predicted octanol–water partition coefficient (Wildman–Crippen LogP) is 4.13. The number of nitro benzene ring substituents is 2. The summed E-state index contributed by atoms with van der Waals surface area (Å²) in [5.74, 6) is -0.821. The third-order valence-electron chi connectivity index (χ3n) is 3.03. The normalized spacial score (nSPS) is 11.0. The molecule has 0 aromatic heterocycles. The zero-order valence-electron chi connectivity index (χ0n) is 12.0. The van der Waals surface area contributed by atoms with Crippen LogP contribution in [0.2, 0.25) is 0 Å². The molecule has 0 saturated carbocycles. The maximum Gasteiger partial charge on any atom is 0.416 e. The second kappa shape index (κ2) is 6.55. The molecule has 0 fully saturated rings. The topological polar surface area (TPSA) is 113 Å². The molecule has 25 heavy (non-hydrogen) atoms. The average molecular weight is 356 g/mol. The van der Waals surface area contributed by atoms with Crippen LogP contribution in [-0.2, 0) is 6.18 Å². The van der Waals surface area contributed by atoms with E-state index in [-0.39, 0.29) is 17.6 Å². The second-order valence-corrected chi connectivity index (χ2v) is 4.64. The van der Waals surface area contributed by atoms with Gasteiger partial charge < -0.3 is 4.74 Å². The van der Waals surface area contributed by atoms with Crippen LogP contribution in [0.15, 0.2) is 36.4 Å². The zero-order chi connectivity index (χ0) is 18.8. The Morgan fingerprint density at radius 3 is 2.12 bits per heavy atom. The van der Waals surface area contributed by atoms with Gasteiger partial charge in [-0.05, 0) is 18.2 Å². The van der Waals surface area contributed by atoms with E-state index in [9.17, 15) is 38.2 Å². The molecule has 0 spiro atoms. The van der Waals surface area contributed by atoms with E-state index >= 15 is 0 Å². The van der Waals surface area contributed by atoms with Crippen molar-refractivity contribution in [3.05, 3.63) is 67.8 Å². The van der Waals surface area contributed by atoms with Crippen molar-refractivity contribution >= 4 is 17.7 Å². The molecule has 0 aliphatic heterocycles. The maximum absolute atomic E-state index is 12.7. The summed E-state index contributed by atoms with van der Waals surface area (Å²) in [5.41, 5.74) is -2.92. The number of hydrogen-bond donors (Lipinski definition) is 0. The molecule has 2 aromatic carbocycles. The number of rotatable bonds is 5. The van der Waals surface area contributed by atoms with E-state index < -0.39 is 38.7 Å². The summed E-state index contributed by atoms with van der Waals surface area (Å²) in [7, 11) is 0. The molecule has 0 aliphatic rings. The first-order valence-electron chi connectivity index (χ1n) is 6.40. The highest BCUT2D eigenvalue weighted by Crippen LogP contribution is 2.38. The van der Waals surface area contributed by atoms with Gasteiger partial charge in [0.2, 0.25) is 5.75 Å². The Bertz CT molecular complexity index is 866. The molecule has 0 N–H and O–H groups in total. The Kier molecular flexibility index (Phi) is 4.68. The summed E-state index contributed by atoms with van der Waals surface area (Å²) in [6.45, 7) is 0. The van der Waals surface area contributed by atoms with Crippen LogP contribution in [0.5, 0.6) is 11.5 Å². The number of benzene rings is 2. The fourth-order valence-corrected chi connectivity index (χ4v) is 1.88. The minimum atomic E-state index is -4.79. The van der Waals surface area contributed by atoms with Crippen LogP contribution in [0.1, 0.15) is 15.9 Å². The number of carbonyl (C=O) groups excluding carboxylic acids is 1. The quantitative estimate of drug-likeness (QED) is 0.452. The molecule has 0 unspecified atom stereocenters. The van der Waals surface area contributed by atoms with Gasteiger partial charge >= 0.3 is 11.9 Å². The van der Waals surface area contributed by atoms with Gasteiger partial charge in [0.1, 0.15) is 5.75 Å². The van der Waals surface area contributed by atoms with Crippen LogP contribution in [-0.4, -0.2) is 16.1 Å². The summed E-state index contributed by atoms with van der Waals surface area (Å²) < 4.78 is 43.1. The van der Waals surface area contributed by atoms with Crippen LogP contribution in [0.4, 0.5) is 24.5 Å². The molecule has 130 valence electrons. The van der Waals surface area contributed by atoms with Crippen molar-refractivity contribution in [1.29, 1.82) is 0 Å². The third kappa shape index (κ3) is 3.88. The van der Waals surface area contributed by atoms with Crippen LogP contribution in [0.3, 0.4) is 0 Å². The smallest absolute Gasteiger partial charge is 0.416 e. The van der Waals surface area contributed by atoms with Gasteiger partial charge in [0.15, 0.2) is 6.29 Å². The molecule has 0 aliphatic carbocycles. The minimum Gasteiger partial charge on any atom is -0.449 e. The van der Waals surface area contributed by atoms with Crippen molar-refractivity contribution in [3.63, 3.8) is 0 Å². The van der Waals surface area contributed by atoms with Gasteiger partial charge in [0.25, 0.3) is 5.69 Å². The van der Waals surface area contributed by atoms with Gasteiger partial charge in [-0.3, -0.25) is 25.0 Å². The van der Waals surface area contributed by atoms with E-state index in [0.29, 0.717) is 12.1 Å². The zero-order valence-corrected chi connectivity index (χ0v) is 12.0. The van der Waals surface area contributed by atoms with Crippen molar-refractivity contribution in [3.8, 4) is 11.5 Å². The van der Waals surface area contributed by atoms with Gasteiger partial charge in [-0.25, -0.2) is 0 Å². The number of nitrogens with zero attached hydrogens (tertiary/aromatic N) is 2. The summed E-state index contributed by atoms with van der Waals surface area (Å²) >= 11 is 0. The Morgan fingerprint density at radius 2 is 1.60 bits per heavy atom. The lowest BCUT2D eigenvalue weighted by Gasteiger charge is -2.11. The largest absolute Gasteiger partial charge is 0.449 e. The van der Waals surface area contributed by atoms with Gasteiger partial charge in [-0.1, -0.05) is 0 Å². The van der Waals surface area contributed by atoms with Gasteiger partial charge in [-0.2, -0.15) is 13.2 Å². The number of non-ortho nitro benzene ring substituents is 1. The molecule has 0 bridgehead atoms. The molecule has 0 radical (unpaired) electrons. The number of nitro groups is 2. The van der Waals surface area contributed by atoms with Crippen LogP contribution >= 0.6 is 0 Å². The summed E-state index contributed by atoms with van der Waals surface area (Å²) in [6.07, 6.45) is -4.57. The fourth-order valence-electron chi connectivity index (χ4n) is 1.88. The molecular formula is C14H7F3N2O6. The molecule has 2 aromatic rings. The SMILES string of the molecule is O=Cc1cc([N+](=O)[O-])ccc1Oc1ccc(C(F)(F)F)cc1[N+](=O)[O-]. The number of ether oxygens (including phenoxy) is 1. The summed E-state index contributed by atoms with van der Waals surface area (Å²) in [6, 6.07) is 4.48. The highest BCUT2D eigenvalue weighted by molar-refractivity contribution is 5.81. The molecule has 0 saturated heterocycles.